The van der Waals surface area contributed by atoms with Gasteiger partial charge in [-0.3, -0.25) is 9.69 Å². The second-order valence-corrected chi connectivity index (χ2v) is 6.94. The average molecular weight is 319 g/mol. The van der Waals surface area contributed by atoms with Crippen molar-refractivity contribution in [2.75, 3.05) is 39.8 Å². The van der Waals surface area contributed by atoms with Crippen LogP contribution in [0.1, 0.15) is 35.2 Å². The van der Waals surface area contributed by atoms with Gasteiger partial charge in [0.15, 0.2) is 0 Å². The molecule has 1 amide bonds. The molecular weight excluding hydrogens is 293 g/mol. The zero-order chi connectivity index (χ0) is 16.4. The average Bonchev–Trinajstić information content (AvgIpc) is 2.68. The van der Waals surface area contributed by atoms with Crippen LogP contribution in [0.3, 0.4) is 0 Å². The number of nitrogens with zero attached hydrogens (tertiary/aromatic N) is 2. The van der Waals surface area contributed by atoms with Crippen molar-refractivity contribution in [3.63, 3.8) is 0 Å². The molecule has 0 atom stereocenters. The van der Waals surface area contributed by atoms with E-state index >= 15 is 0 Å². The van der Waals surface area contributed by atoms with Gasteiger partial charge in [0.25, 0.3) is 5.91 Å². The molecule has 2 saturated heterocycles. The number of hydrogen-bond donors (Lipinski definition) is 1. The Kier molecular flexibility index (Phi) is 4.69. The predicted molar refractivity (Wildman–Crippen MR) is 89.1 cm³/mol. The maximum absolute atomic E-state index is 13.3. The largest absolute Gasteiger partial charge is 0.337 e. The summed E-state index contributed by atoms with van der Waals surface area (Å²) in [5.74, 6) is -0.250. The number of carbonyl (C=O) groups is 1. The van der Waals surface area contributed by atoms with Crippen molar-refractivity contribution in [3.05, 3.63) is 35.1 Å². The van der Waals surface area contributed by atoms with Crippen molar-refractivity contribution >= 4 is 5.91 Å². The lowest BCUT2D eigenvalue weighted by Crippen LogP contribution is -2.58. The van der Waals surface area contributed by atoms with Gasteiger partial charge in [-0.25, -0.2) is 4.39 Å². The van der Waals surface area contributed by atoms with Gasteiger partial charge in [0.2, 0.25) is 0 Å². The van der Waals surface area contributed by atoms with Gasteiger partial charge in [0.05, 0.1) is 0 Å². The summed E-state index contributed by atoms with van der Waals surface area (Å²) >= 11 is 0. The van der Waals surface area contributed by atoms with E-state index in [1.807, 2.05) is 4.90 Å². The quantitative estimate of drug-likeness (QED) is 0.860. The fourth-order valence-corrected chi connectivity index (χ4v) is 3.93. The predicted octanol–water partition coefficient (Wildman–Crippen LogP) is 2.03. The van der Waals surface area contributed by atoms with Crippen LogP contribution in [0.4, 0.5) is 4.39 Å². The van der Waals surface area contributed by atoms with E-state index in [1.54, 1.807) is 13.0 Å². The summed E-state index contributed by atoms with van der Waals surface area (Å²) in [6, 6.07) is 4.44. The molecule has 2 aliphatic heterocycles. The molecule has 2 fully saturated rings. The summed E-state index contributed by atoms with van der Waals surface area (Å²) in [6.07, 6.45) is 3.11. The highest BCUT2D eigenvalue weighted by molar-refractivity contribution is 5.95. The van der Waals surface area contributed by atoms with Gasteiger partial charge in [-0.05, 0) is 70.1 Å². The third-order valence-corrected chi connectivity index (χ3v) is 5.46. The molecule has 126 valence electrons. The lowest BCUT2D eigenvalue weighted by atomic mass is 9.86. The van der Waals surface area contributed by atoms with Crippen molar-refractivity contribution in [1.82, 2.24) is 15.1 Å². The van der Waals surface area contributed by atoms with Gasteiger partial charge >= 0.3 is 0 Å². The first kappa shape index (κ1) is 16.4. The Bertz CT molecular complexity index is 584. The number of benzene rings is 1. The van der Waals surface area contributed by atoms with Crippen LogP contribution in [0.5, 0.6) is 0 Å². The van der Waals surface area contributed by atoms with E-state index in [1.165, 1.54) is 12.1 Å². The Morgan fingerprint density at radius 3 is 2.70 bits per heavy atom. The Balaban J connectivity index is 1.84. The number of piperidine rings is 1. The zero-order valence-electron chi connectivity index (χ0n) is 14.1. The fraction of sp³-hybridized carbons (Fsp3) is 0.611. The first-order valence-electron chi connectivity index (χ1n) is 8.49. The van der Waals surface area contributed by atoms with E-state index in [4.69, 9.17) is 0 Å². The summed E-state index contributed by atoms with van der Waals surface area (Å²) in [4.78, 5) is 17.4. The molecule has 0 bridgehead atoms. The van der Waals surface area contributed by atoms with Gasteiger partial charge in [-0.1, -0.05) is 0 Å². The van der Waals surface area contributed by atoms with E-state index in [0.717, 1.165) is 52.0 Å². The van der Waals surface area contributed by atoms with E-state index in [-0.39, 0.29) is 17.3 Å². The third kappa shape index (κ3) is 3.26. The molecule has 5 heteroatoms. The molecule has 1 N–H and O–H groups in total. The highest BCUT2D eigenvalue weighted by Gasteiger charge is 2.40. The maximum Gasteiger partial charge on any atom is 0.254 e. The Hall–Kier alpha value is -1.46. The molecular formula is C18H26FN3O. The molecule has 1 spiro atoms. The number of carbonyl (C=O) groups excluding carboxylic acids is 1. The maximum atomic E-state index is 13.3. The van der Waals surface area contributed by atoms with Crippen LogP contribution in [-0.4, -0.2) is 61.0 Å². The monoisotopic (exact) mass is 319 g/mol. The molecule has 0 aliphatic carbocycles. The lowest BCUT2D eigenvalue weighted by molar-refractivity contribution is 0.0506. The number of halogens is 1. The number of likely N-dealkylation sites (N-methyl/N-ethyl adjacent to an activating group) is 1. The molecule has 2 heterocycles. The number of amides is 1. The van der Waals surface area contributed by atoms with Gasteiger partial charge in [0, 0.05) is 30.7 Å². The summed E-state index contributed by atoms with van der Waals surface area (Å²) in [5.41, 5.74) is 1.41. The van der Waals surface area contributed by atoms with Crippen LogP contribution in [0.2, 0.25) is 0 Å². The minimum Gasteiger partial charge on any atom is -0.337 e. The smallest absolute Gasteiger partial charge is 0.254 e. The van der Waals surface area contributed by atoms with E-state index in [0.29, 0.717) is 11.1 Å². The third-order valence-electron chi connectivity index (χ3n) is 5.46. The number of rotatable bonds is 1. The highest BCUT2D eigenvalue weighted by atomic mass is 19.1. The molecule has 0 aromatic heterocycles. The van der Waals surface area contributed by atoms with Gasteiger partial charge in [-0.15, -0.1) is 0 Å². The standard InChI is InChI=1S/C18H26FN3O/c1-14-12-15(19)4-5-16(14)17(23)22-11-3-10-21(2)18(13-22)6-8-20-9-7-18/h4-5,12,20H,3,6-11,13H2,1-2H3. The lowest BCUT2D eigenvalue weighted by Gasteiger charge is -2.45. The van der Waals surface area contributed by atoms with E-state index < -0.39 is 0 Å². The molecule has 0 saturated carbocycles. The Labute approximate surface area is 137 Å². The van der Waals surface area contributed by atoms with Crippen molar-refractivity contribution in [2.45, 2.75) is 31.7 Å². The first-order valence-corrected chi connectivity index (χ1v) is 8.49. The van der Waals surface area contributed by atoms with Crippen LogP contribution in [0, 0.1) is 12.7 Å². The van der Waals surface area contributed by atoms with Crippen LogP contribution in [0.15, 0.2) is 18.2 Å². The number of aryl methyl sites for hydroxylation is 1. The van der Waals surface area contributed by atoms with Gasteiger partial charge in [-0.2, -0.15) is 0 Å². The highest BCUT2D eigenvalue weighted by Crippen LogP contribution is 2.29. The molecule has 3 rings (SSSR count). The molecule has 0 unspecified atom stereocenters. The molecule has 1 aromatic rings. The van der Waals surface area contributed by atoms with Crippen LogP contribution in [0.25, 0.3) is 0 Å². The van der Waals surface area contributed by atoms with Crippen LogP contribution >= 0.6 is 0 Å². The molecule has 23 heavy (non-hydrogen) atoms. The van der Waals surface area contributed by atoms with E-state index in [2.05, 4.69) is 17.3 Å². The molecule has 4 nitrogen and oxygen atoms in total. The summed E-state index contributed by atoms with van der Waals surface area (Å²) < 4.78 is 13.3. The van der Waals surface area contributed by atoms with Gasteiger partial charge in [0.1, 0.15) is 5.82 Å². The molecule has 1 aromatic carbocycles. The van der Waals surface area contributed by atoms with Crippen LogP contribution < -0.4 is 5.32 Å². The SMILES string of the molecule is Cc1cc(F)ccc1C(=O)N1CCCN(C)C2(CCNCC2)C1. The molecule has 0 radical (unpaired) electrons. The summed E-state index contributed by atoms with van der Waals surface area (Å²) in [6.45, 7) is 6.37. The normalized spacial score (nSPS) is 22.1. The number of nitrogens with one attached hydrogen (secondary N) is 1. The van der Waals surface area contributed by atoms with Gasteiger partial charge < -0.3 is 10.2 Å². The topological polar surface area (TPSA) is 35.6 Å². The minimum atomic E-state index is -0.288. The minimum absolute atomic E-state index is 0.0377. The van der Waals surface area contributed by atoms with Crippen molar-refractivity contribution in [2.24, 2.45) is 0 Å². The zero-order valence-corrected chi connectivity index (χ0v) is 14.1. The molecule has 2 aliphatic rings. The number of hydrogen-bond acceptors (Lipinski definition) is 3. The first-order chi connectivity index (χ1) is 11.0. The fourth-order valence-electron chi connectivity index (χ4n) is 3.93. The summed E-state index contributed by atoms with van der Waals surface area (Å²) in [5, 5.41) is 3.42. The van der Waals surface area contributed by atoms with Crippen LogP contribution in [-0.2, 0) is 0 Å². The Morgan fingerprint density at radius 2 is 2.00 bits per heavy atom. The second kappa shape index (κ2) is 6.57. The second-order valence-electron chi connectivity index (χ2n) is 6.94. The van der Waals surface area contributed by atoms with E-state index in [9.17, 15) is 9.18 Å². The summed E-state index contributed by atoms with van der Waals surface area (Å²) in [7, 11) is 2.18. The van der Waals surface area contributed by atoms with Crippen molar-refractivity contribution in [3.8, 4) is 0 Å². The Morgan fingerprint density at radius 1 is 1.26 bits per heavy atom. The van der Waals surface area contributed by atoms with Crippen molar-refractivity contribution < 1.29 is 9.18 Å². The van der Waals surface area contributed by atoms with Crippen molar-refractivity contribution in [1.29, 1.82) is 0 Å².